The van der Waals surface area contributed by atoms with Crippen LogP contribution in [0.3, 0.4) is 0 Å². The number of nitrogens with zero attached hydrogens (tertiary/aromatic N) is 3. The van der Waals surface area contributed by atoms with Gasteiger partial charge >= 0.3 is 13.8 Å². The Morgan fingerprint density at radius 1 is 1.36 bits per heavy atom. The lowest BCUT2D eigenvalue weighted by molar-refractivity contribution is 0.120. The number of carbonyl (C=O) groups is 1. The molecule has 11 heteroatoms. The van der Waals surface area contributed by atoms with Crippen molar-refractivity contribution in [3.05, 3.63) is 0 Å². The van der Waals surface area contributed by atoms with E-state index in [-0.39, 0.29) is 6.04 Å². The highest BCUT2D eigenvalue weighted by Gasteiger charge is 2.40. The van der Waals surface area contributed by atoms with Crippen molar-refractivity contribution in [1.82, 2.24) is 8.38 Å². The monoisotopic (exact) mass is 371 g/mol. The second-order valence-electron chi connectivity index (χ2n) is 4.64. The number of oxime groups is 1. The molecule has 0 radical (unpaired) electrons. The molecule has 1 heterocycles. The Balaban J connectivity index is 2.70. The highest BCUT2D eigenvalue weighted by Crippen LogP contribution is 2.58. The number of hydrogen-bond acceptors (Lipinski definition) is 8. The van der Waals surface area contributed by atoms with Gasteiger partial charge in [0.2, 0.25) is 0 Å². The maximum absolute atomic E-state index is 12.7. The summed E-state index contributed by atoms with van der Waals surface area (Å²) in [5, 5.41) is 4.29. The molecule has 0 aromatic rings. The zero-order valence-corrected chi connectivity index (χ0v) is 15.9. The van der Waals surface area contributed by atoms with Crippen LogP contribution in [-0.4, -0.2) is 52.1 Å². The molecule has 0 aromatic carbocycles. The van der Waals surface area contributed by atoms with E-state index in [1.807, 2.05) is 20.1 Å². The molecule has 0 N–H and O–H groups in total. The average molecular weight is 371 g/mol. The lowest BCUT2D eigenvalue weighted by Gasteiger charge is -2.35. The number of hydrogen-bond donors (Lipinski definition) is 0. The molecule has 22 heavy (non-hydrogen) atoms. The van der Waals surface area contributed by atoms with E-state index in [9.17, 15) is 9.36 Å². The molecule has 0 aliphatic carbocycles. The van der Waals surface area contributed by atoms with Gasteiger partial charge in [0.1, 0.15) is 5.04 Å². The van der Waals surface area contributed by atoms with Crippen LogP contribution in [0.1, 0.15) is 27.2 Å². The smallest absolute Gasteiger partial charge is 0.296 e. The molecule has 0 aromatic heterocycles. The predicted molar refractivity (Wildman–Crippen MR) is 89.6 cm³/mol. The lowest BCUT2D eigenvalue weighted by Crippen LogP contribution is -2.32. The highest BCUT2D eigenvalue weighted by atomic mass is 32.2. The van der Waals surface area contributed by atoms with Gasteiger partial charge in [-0.25, -0.2) is 13.7 Å². The van der Waals surface area contributed by atoms with E-state index in [2.05, 4.69) is 5.16 Å². The third kappa shape index (κ3) is 5.75. The van der Waals surface area contributed by atoms with Gasteiger partial charge in [0.05, 0.1) is 25.3 Å². The third-order valence-corrected chi connectivity index (χ3v) is 6.92. The summed E-state index contributed by atoms with van der Waals surface area (Å²) in [4.78, 5) is 16.7. The van der Waals surface area contributed by atoms with Gasteiger partial charge in [-0.2, -0.15) is 0 Å². The first-order valence-corrected chi connectivity index (χ1v) is 10.2. The first kappa shape index (κ1) is 19.8. The van der Waals surface area contributed by atoms with E-state index in [1.54, 1.807) is 6.92 Å². The summed E-state index contributed by atoms with van der Waals surface area (Å²) in [5.74, 6) is 0. The number of amides is 1. The SMILES string of the molecule is CS/C(C)=N/OC(=O)N(C)SN(C(C)C)P1(=O)OCCCO1. The Bertz CT molecular complexity index is 453. The van der Waals surface area contributed by atoms with Gasteiger partial charge in [-0.15, -0.1) is 15.8 Å². The quantitative estimate of drug-likeness (QED) is 0.181. The van der Waals surface area contributed by atoms with E-state index in [0.717, 1.165) is 12.1 Å². The summed E-state index contributed by atoms with van der Waals surface area (Å²) in [5.41, 5.74) is 0. The lowest BCUT2D eigenvalue weighted by atomic mass is 10.4. The Kier molecular flexibility index (Phi) is 8.23. The zero-order chi connectivity index (χ0) is 16.8. The van der Waals surface area contributed by atoms with Gasteiger partial charge in [0, 0.05) is 13.1 Å². The molecule has 1 aliphatic heterocycles. The molecule has 0 unspecified atom stereocenters. The van der Waals surface area contributed by atoms with E-state index < -0.39 is 13.8 Å². The minimum Gasteiger partial charge on any atom is -0.296 e. The maximum Gasteiger partial charge on any atom is 0.446 e. The van der Waals surface area contributed by atoms with Gasteiger partial charge < -0.3 is 0 Å². The molecule has 0 saturated carbocycles. The molecular weight excluding hydrogens is 349 g/mol. The molecule has 8 nitrogen and oxygen atoms in total. The third-order valence-electron chi connectivity index (χ3n) is 2.49. The second kappa shape index (κ2) is 9.14. The molecule has 1 amide bonds. The molecule has 0 atom stereocenters. The van der Waals surface area contributed by atoms with Gasteiger partial charge in [0.25, 0.3) is 0 Å². The van der Waals surface area contributed by atoms with Crippen LogP contribution in [0.5, 0.6) is 0 Å². The van der Waals surface area contributed by atoms with Crippen molar-refractivity contribution in [2.45, 2.75) is 33.2 Å². The van der Waals surface area contributed by atoms with Crippen molar-refractivity contribution < 1.29 is 23.2 Å². The van der Waals surface area contributed by atoms with Crippen molar-refractivity contribution in [2.75, 3.05) is 26.5 Å². The van der Waals surface area contributed by atoms with Crippen molar-refractivity contribution in [3.8, 4) is 0 Å². The summed E-state index contributed by atoms with van der Waals surface area (Å²) in [6, 6.07) is -0.166. The van der Waals surface area contributed by atoms with E-state index >= 15 is 0 Å². The first-order chi connectivity index (χ1) is 10.3. The molecule has 1 saturated heterocycles. The molecule has 1 aliphatic rings. The minimum atomic E-state index is -3.41. The fourth-order valence-electron chi connectivity index (χ4n) is 1.35. The van der Waals surface area contributed by atoms with Crippen LogP contribution >= 0.6 is 31.6 Å². The summed E-state index contributed by atoms with van der Waals surface area (Å²) in [6.07, 6.45) is 1.85. The van der Waals surface area contributed by atoms with Crippen LogP contribution in [0.4, 0.5) is 4.79 Å². The normalized spacial score (nSPS) is 18.6. The van der Waals surface area contributed by atoms with Gasteiger partial charge in [0.15, 0.2) is 0 Å². The summed E-state index contributed by atoms with van der Waals surface area (Å²) >= 11 is 2.30. The second-order valence-corrected chi connectivity index (χ2v) is 8.89. The summed E-state index contributed by atoms with van der Waals surface area (Å²) < 4.78 is 26.0. The molecule has 128 valence electrons. The van der Waals surface area contributed by atoms with Crippen molar-refractivity contribution in [1.29, 1.82) is 0 Å². The van der Waals surface area contributed by atoms with Gasteiger partial charge in [-0.1, -0.05) is 5.16 Å². The van der Waals surface area contributed by atoms with Crippen LogP contribution in [-0.2, 0) is 18.5 Å². The van der Waals surface area contributed by atoms with E-state index in [1.165, 1.54) is 27.2 Å². The highest BCUT2D eigenvalue weighted by molar-refractivity contribution is 8.13. The fraction of sp³-hybridized carbons (Fsp3) is 0.818. The number of thioether (sulfide) groups is 1. The van der Waals surface area contributed by atoms with Crippen LogP contribution in [0, 0.1) is 0 Å². The summed E-state index contributed by atoms with van der Waals surface area (Å²) in [6.45, 7) is 6.14. The van der Waals surface area contributed by atoms with Crippen LogP contribution in [0.15, 0.2) is 5.16 Å². The van der Waals surface area contributed by atoms with Crippen molar-refractivity contribution >= 4 is 42.8 Å². The van der Waals surface area contributed by atoms with Gasteiger partial charge in [-0.3, -0.25) is 13.9 Å². The van der Waals surface area contributed by atoms with E-state index in [4.69, 9.17) is 13.9 Å². The van der Waals surface area contributed by atoms with E-state index in [0.29, 0.717) is 24.7 Å². The molecular formula is C11H22N3O5PS2. The Morgan fingerprint density at radius 2 is 1.95 bits per heavy atom. The van der Waals surface area contributed by atoms with Crippen molar-refractivity contribution in [2.24, 2.45) is 5.16 Å². The van der Waals surface area contributed by atoms with Crippen LogP contribution in [0.25, 0.3) is 0 Å². The largest absolute Gasteiger partial charge is 0.446 e. The molecule has 1 rings (SSSR count). The summed E-state index contributed by atoms with van der Waals surface area (Å²) in [7, 11) is -1.91. The maximum atomic E-state index is 12.7. The minimum absolute atomic E-state index is 0.166. The topological polar surface area (TPSA) is 80.7 Å². The van der Waals surface area contributed by atoms with Crippen LogP contribution < -0.4 is 0 Å². The fourth-order valence-corrected chi connectivity index (χ4v) is 4.56. The Labute approximate surface area is 139 Å². The Morgan fingerprint density at radius 3 is 2.45 bits per heavy atom. The van der Waals surface area contributed by atoms with Crippen molar-refractivity contribution in [3.63, 3.8) is 0 Å². The zero-order valence-electron chi connectivity index (χ0n) is 13.3. The predicted octanol–water partition coefficient (Wildman–Crippen LogP) is 3.57. The Hall–Kier alpha value is -0.250. The number of carbonyl (C=O) groups excluding carboxylic acids is 1. The van der Waals surface area contributed by atoms with Gasteiger partial charge in [-0.05, 0) is 33.4 Å². The number of rotatable bonds is 5. The average Bonchev–Trinajstić information content (AvgIpc) is 2.49. The molecule has 0 spiro atoms. The molecule has 1 fully saturated rings. The van der Waals surface area contributed by atoms with Crippen LogP contribution in [0.2, 0.25) is 0 Å². The molecule has 0 bridgehead atoms. The standard InChI is InChI=1S/C11H22N3O5PS2/c1-9(2)14(20(16)17-7-6-8-18-20)22-13(4)11(15)19-12-10(3)21-5/h9H,6-8H2,1-5H3/b12-10+. The first-order valence-electron chi connectivity index (χ1n) is 6.70.